The number of alkyl halides is 3. The van der Waals surface area contributed by atoms with Gasteiger partial charge in [0, 0.05) is 24.0 Å². The molecule has 1 N–H and O–H groups in total. The van der Waals surface area contributed by atoms with Gasteiger partial charge in [0.05, 0.1) is 11.1 Å². The van der Waals surface area contributed by atoms with Gasteiger partial charge in [-0.05, 0) is 50.7 Å². The normalized spacial score (nSPS) is 17.5. The second-order valence-electron chi connectivity index (χ2n) is 6.63. The number of ether oxygens (including phenoxy) is 1. The molecule has 1 aromatic carbocycles. The first-order chi connectivity index (χ1) is 13.2. The van der Waals surface area contributed by atoms with Gasteiger partial charge in [0.2, 0.25) is 5.95 Å². The van der Waals surface area contributed by atoms with Crippen LogP contribution in [0.5, 0.6) is 5.75 Å². The molecule has 1 fully saturated rings. The van der Waals surface area contributed by atoms with Gasteiger partial charge < -0.3 is 15.0 Å². The highest BCUT2D eigenvalue weighted by Crippen LogP contribution is 2.34. The Hall–Kier alpha value is -2.68. The molecule has 0 radical (unpaired) electrons. The number of amides is 1. The predicted molar refractivity (Wildman–Crippen MR) is 94.7 cm³/mol. The van der Waals surface area contributed by atoms with Crippen LogP contribution in [-0.2, 0) is 6.18 Å². The van der Waals surface area contributed by atoms with Gasteiger partial charge in [-0.25, -0.2) is 4.98 Å². The Morgan fingerprint density at radius 1 is 1.36 bits per heavy atom. The lowest BCUT2D eigenvalue weighted by Crippen LogP contribution is -2.30. The number of nitrogens with one attached hydrogen (secondary N) is 1. The standard InChI is InChI=1S/C19H19F4N3O2/c1-26-7-3-4-14(26)11-28-15-9-12(19(21,22)23)8-13(10-15)25-18(27)16-5-2-6-24-17(16)20/h2,5-6,8-10,14H,3-4,7,11H2,1H3,(H,25,27). The zero-order chi connectivity index (χ0) is 20.3. The second kappa shape index (κ2) is 8.14. The SMILES string of the molecule is CN1CCCC1COc1cc(NC(=O)c2cccnc2F)cc(C(F)(F)F)c1. The largest absolute Gasteiger partial charge is 0.492 e. The van der Waals surface area contributed by atoms with Crippen molar-refractivity contribution >= 4 is 11.6 Å². The summed E-state index contributed by atoms with van der Waals surface area (Å²) < 4.78 is 58.9. The van der Waals surface area contributed by atoms with E-state index in [9.17, 15) is 22.4 Å². The monoisotopic (exact) mass is 397 g/mol. The molecule has 1 atom stereocenters. The zero-order valence-corrected chi connectivity index (χ0v) is 15.1. The topological polar surface area (TPSA) is 54.5 Å². The lowest BCUT2D eigenvalue weighted by atomic mass is 10.1. The molecule has 1 amide bonds. The van der Waals surface area contributed by atoms with Crippen molar-refractivity contribution in [3.05, 3.63) is 53.6 Å². The van der Waals surface area contributed by atoms with Crippen LogP contribution in [0.2, 0.25) is 0 Å². The summed E-state index contributed by atoms with van der Waals surface area (Å²) >= 11 is 0. The number of pyridine rings is 1. The van der Waals surface area contributed by atoms with E-state index in [1.54, 1.807) is 0 Å². The second-order valence-corrected chi connectivity index (χ2v) is 6.63. The smallest absolute Gasteiger partial charge is 0.416 e. The molecule has 28 heavy (non-hydrogen) atoms. The number of carbonyl (C=O) groups excluding carboxylic acids is 1. The van der Waals surface area contributed by atoms with E-state index < -0.39 is 23.6 Å². The van der Waals surface area contributed by atoms with E-state index >= 15 is 0 Å². The van der Waals surface area contributed by atoms with Crippen LogP contribution in [0.15, 0.2) is 36.5 Å². The average Bonchev–Trinajstić information content (AvgIpc) is 3.04. The minimum Gasteiger partial charge on any atom is -0.492 e. The molecule has 1 aromatic heterocycles. The zero-order valence-electron chi connectivity index (χ0n) is 15.1. The van der Waals surface area contributed by atoms with Crippen LogP contribution in [0.25, 0.3) is 0 Å². The van der Waals surface area contributed by atoms with Gasteiger partial charge in [-0.15, -0.1) is 0 Å². The van der Waals surface area contributed by atoms with Gasteiger partial charge in [-0.3, -0.25) is 4.79 Å². The molecule has 1 aliphatic heterocycles. The Morgan fingerprint density at radius 3 is 2.79 bits per heavy atom. The van der Waals surface area contributed by atoms with Crippen molar-refractivity contribution in [3.8, 4) is 5.75 Å². The highest BCUT2D eigenvalue weighted by atomic mass is 19.4. The van der Waals surface area contributed by atoms with Crippen molar-refractivity contribution < 1.29 is 27.1 Å². The number of rotatable bonds is 5. The average molecular weight is 397 g/mol. The number of likely N-dealkylation sites (tertiary alicyclic amines) is 1. The lowest BCUT2D eigenvalue weighted by molar-refractivity contribution is -0.137. The van der Waals surface area contributed by atoms with E-state index in [-0.39, 0.29) is 29.6 Å². The number of halogens is 4. The number of benzene rings is 1. The van der Waals surface area contributed by atoms with Crippen molar-refractivity contribution in [2.45, 2.75) is 25.1 Å². The molecule has 3 rings (SSSR count). The van der Waals surface area contributed by atoms with Crippen LogP contribution in [-0.4, -0.2) is 42.0 Å². The fraction of sp³-hybridized carbons (Fsp3) is 0.368. The number of likely N-dealkylation sites (N-methyl/N-ethyl adjacent to an activating group) is 1. The summed E-state index contributed by atoms with van der Waals surface area (Å²) in [5.41, 5.74) is -1.47. The Bertz CT molecular complexity index is 857. The van der Waals surface area contributed by atoms with Crippen molar-refractivity contribution in [2.24, 2.45) is 0 Å². The molecule has 0 bridgehead atoms. The van der Waals surface area contributed by atoms with Crippen molar-refractivity contribution in [3.63, 3.8) is 0 Å². The third-order valence-corrected chi connectivity index (χ3v) is 4.61. The van der Waals surface area contributed by atoms with Gasteiger partial charge in [0.15, 0.2) is 0 Å². The maximum absolute atomic E-state index is 13.6. The number of anilines is 1. The summed E-state index contributed by atoms with van der Waals surface area (Å²) in [6.07, 6.45) is -1.55. The van der Waals surface area contributed by atoms with Crippen LogP contribution in [0.4, 0.5) is 23.2 Å². The molecule has 0 saturated carbocycles. The molecule has 150 valence electrons. The van der Waals surface area contributed by atoms with Gasteiger partial charge >= 0.3 is 6.18 Å². The van der Waals surface area contributed by atoms with E-state index in [1.807, 2.05) is 7.05 Å². The van der Waals surface area contributed by atoms with Crippen LogP contribution in [0.3, 0.4) is 0 Å². The summed E-state index contributed by atoms with van der Waals surface area (Å²) in [5.74, 6) is -1.92. The van der Waals surface area contributed by atoms with Crippen molar-refractivity contribution in [1.82, 2.24) is 9.88 Å². The van der Waals surface area contributed by atoms with Gasteiger partial charge in [0.1, 0.15) is 12.4 Å². The molecule has 0 spiro atoms. The molecule has 1 unspecified atom stereocenters. The van der Waals surface area contributed by atoms with Crippen LogP contribution < -0.4 is 10.1 Å². The fourth-order valence-corrected chi connectivity index (χ4v) is 3.05. The van der Waals surface area contributed by atoms with Gasteiger partial charge in [-0.2, -0.15) is 17.6 Å². The molecule has 1 saturated heterocycles. The molecular formula is C19H19F4N3O2. The van der Waals surface area contributed by atoms with E-state index in [0.29, 0.717) is 0 Å². The molecule has 0 aliphatic carbocycles. The third kappa shape index (κ3) is 4.78. The van der Waals surface area contributed by atoms with Crippen molar-refractivity contribution in [2.75, 3.05) is 25.5 Å². The van der Waals surface area contributed by atoms with E-state index in [1.165, 1.54) is 24.4 Å². The minimum absolute atomic E-state index is 0.0166. The molecule has 9 heteroatoms. The summed E-state index contributed by atoms with van der Waals surface area (Å²) in [7, 11) is 1.93. The molecule has 2 heterocycles. The van der Waals surface area contributed by atoms with Crippen molar-refractivity contribution in [1.29, 1.82) is 0 Å². The third-order valence-electron chi connectivity index (χ3n) is 4.61. The van der Waals surface area contributed by atoms with Crippen LogP contribution in [0, 0.1) is 5.95 Å². The highest BCUT2D eigenvalue weighted by Gasteiger charge is 2.32. The first-order valence-electron chi connectivity index (χ1n) is 8.71. The minimum atomic E-state index is -4.62. The number of aromatic nitrogens is 1. The summed E-state index contributed by atoms with van der Waals surface area (Å²) in [4.78, 5) is 17.6. The highest BCUT2D eigenvalue weighted by molar-refractivity contribution is 6.04. The van der Waals surface area contributed by atoms with E-state index in [2.05, 4.69) is 15.2 Å². The summed E-state index contributed by atoms with van der Waals surface area (Å²) in [6.45, 7) is 1.15. The van der Waals surface area contributed by atoms with Gasteiger partial charge in [0.25, 0.3) is 5.91 Å². The predicted octanol–water partition coefficient (Wildman–Crippen LogP) is 3.96. The molecule has 5 nitrogen and oxygen atoms in total. The summed E-state index contributed by atoms with van der Waals surface area (Å²) in [6, 6.07) is 5.62. The Morgan fingerprint density at radius 2 is 2.14 bits per heavy atom. The summed E-state index contributed by atoms with van der Waals surface area (Å²) in [5, 5.41) is 2.28. The quantitative estimate of drug-likeness (QED) is 0.613. The Kier molecular flexibility index (Phi) is 5.83. The fourth-order valence-electron chi connectivity index (χ4n) is 3.05. The first kappa shape index (κ1) is 20.1. The number of nitrogens with zero attached hydrogens (tertiary/aromatic N) is 2. The van der Waals surface area contributed by atoms with Crippen LogP contribution in [0.1, 0.15) is 28.8 Å². The number of carbonyl (C=O) groups is 1. The molecule has 1 aliphatic rings. The number of hydrogen-bond donors (Lipinski definition) is 1. The molecule has 2 aromatic rings. The van der Waals surface area contributed by atoms with E-state index in [0.717, 1.165) is 31.5 Å². The first-order valence-corrected chi connectivity index (χ1v) is 8.71. The maximum Gasteiger partial charge on any atom is 0.416 e. The number of hydrogen-bond acceptors (Lipinski definition) is 4. The van der Waals surface area contributed by atoms with Gasteiger partial charge in [-0.1, -0.05) is 0 Å². The maximum atomic E-state index is 13.6. The lowest BCUT2D eigenvalue weighted by Gasteiger charge is -2.20. The Balaban J connectivity index is 1.81. The molecular weight excluding hydrogens is 378 g/mol. The van der Waals surface area contributed by atoms with E-state index in [4.69, 9.17) is 4.74 Å². The Labute approximate surface area is 159 Å². The van der Waals surface area contributed by atoms with Crippen LogP contribution >= 0.6 is 0 Å².